The predicted molar refractivity (Wildman–Crippen MR) is 60.0 cm³/mol. The minimum atomic E-state index is -0.212. The summed E-state index contributed by atoms with van der Waals surface area (Å²) in [6.07, 6.45) is 0.290. The molecule has 0 aromatic heterocycles. The highest BCUT2D eigenvalue weighted by Gasteiger charge is 2.20. The molecule has 5 heteroatoms. The molecule has 1 amide bonds. The molecule has 0 spiro atoms. The number of halogens is 2. The second-order valence-electron chi connectivity index (χ2n) is 3.37. The summed E-state index contributed by atoms with van der Waals surface area (Å²) < 4.78 is 0. The molecule has 0 radical (unpaired) electrons. The van der Waals surface area contributed by atoms with E-state index in [1.807, 2.05) is 6.07 Å². The van der Waals surface area contributed by atoms with Crippen LogP contribution in [0.2, 0.25) is 10.0 Å². The van der Waals surface area contributed by atoms with Gasteiger partial charge in [-0.3, -0.25) is 10.1 Å². The van der Waals surface area contributed by atoms with Crippen molar-refractivity contribution in [2.24, 2.45) is 0 Å². The maximum atomic E-state index is 11.2. The van der Waals surface area contributed by atoms with Crippen LogP contribution in [-0.2, 0) is 4.79 Å². The van der Waals surface area contributed by atoms with Crippen molar-refractivity contribution >= 4 is 29.1 Å². The summed E-state index contributed by atoms with van der Waals surface area (Å²) in [4.78, 5) is 11.2. The van der Waals surface area contributed by atoms with Gasteiger partial charge >= 0.3 is 0 Å². The topological polar surface area (TPSA) is 41.1 Å². The first-order valence-corrected chi connectivity index (χ1v) is 5.40. The van der Waals surface area contributed by atoms with E-state index in [4.69, 9.17) is 23.2 Å². The summed E-state index contributed by atoms with van der Waals surface area (Å²) in [7, 11) is 0. The Morgan fingerprint density at radius 2 is 2.13 bits per heavy atom. The Hall–Kier alpha value is -0.770. The lowest BCUT2D eigenvalue weighted by atomic mass is 10.1. The van der Waals surface area contributed by atoms with Crippen LogP contribution in [0.3, 0.4) is 0 Å². The molecule has 1 atom stereocenters. The Labute approximate surface area is 97.8 Å². The van der Waals surface area contributed by atoms with Crippen molar-refractivity contribution in [3.05, 3.63) is 33.8 Å². The zero-order valence-corrected chi connectivity index (χ0v) is 9.40. The Kier molecular flexibility index (Phi) is 3.14. The summed E-state index contributed by atoms with van der Waals surface area (Å²) >= 11 is 11.8. The maximum absolute atomic E-state index is 11.2. The zero-order chi connectivity index (χ0) is 10.8. The fourth-order valence-corrected chi connectivity index (χ4v) is 2.06. The van der Waals surface area contributed by atoms with Crippen molar-refractivity contribution in [3.8, 4) is 0 Å². The SMILES string of the molecule is O=C1CCN[C@@H](c2ccc(Cl)cc2Cl)N1. The molecule has 15 heavy (non-hydrogen) atoms. The van der Waals surface area contributed by atoms with Gasteiger partial charge in [0.15, 0.2) is 0 Å². The smallest absolute Gasteiger partial charge is 0.222 e. The van der Waals surface area contributed by atoms with Crippen LogP contribution >= 0.6 is 23.2 Å². The van der Waals surface area contributed by atoms with Crippen LogP contribution < -0.4 is 10.6 Å². The second kappa shape index (κ2) is 4.39. The molecule has 80 valence electrons. The van der Waals surface area contributed by atoms with Gasteiger partial charge < -0.3 is 5.32 Å². The van der Waals surface area contributed by atoms with Gasteiger partial charge in [0.1, 0.15) is 6.17 Å². The van der Waals surface area contributed by atoms with E-state index in [1.54, 1.807) is 12.1 Å². The lowest BCUT2D eigenvalue weighted by Gasteiger charge is -2.25. The summed E-state index contributed by atoms with van der Waals surface area (Å²) in [5.41, 5.74) is 0.842. The molecular formula is C10H10Cl2N2O. The first-order valence-electron chi connectivity index (χ1n) is 4.64. The van der Waals surface area contributed by atoms with Crippen LogP contribution in [0.5, 0.6) is 0 Å². The van der Waals surface area contributed by atoms with Gasteiger partial charge in [0.25, 0.3) is 0 Å². The lowest BCUT2D eigenvalue weighted by Crippen LogP contribution is -2.44. The standard InChI is InChI=1S/C10H10Cl2N2O/c11-6-1-2-7(8(12)5-6)10-13-4-3-9(15)14-10/h1-2,5,10,13H,3-4H2,(H,14,15)/t10-/m1/s1. The number of hydrogen-bond acceptors (Lipinski definition) is 2. The second-order valence-corrected chi connectivity index (χ2v) is 4.21. The number of amides is 1. The van der Waals surface area contributed by atoms with E-state index in [0.29, 0.717) is 23.0 Å². The van der Waals surface area contributed by atoms with Crippen LogP contribution in [0, 0.1) is 0 Å². The minimum Gasteiger partial charge on any atom is -0.337 e. The Balaban J connectivity index is 2.24. The molecular weight excluding hydrogens is 235 g/mol. The lowest BCUT2D eigenvalue weighted by molar-refractivity contribution is -0.123. The maximum Gasteiger partial charge on any atom is 0.222 e. The molecule has 0 aliphatic carbocycles. The fourth-order valence-electron chi connectivity index (χ4n) is 1.54. The van der Waals surface area contributed by atoms with Crippen LogP contribution in [0.15, 0.2) is 18.2 Å². The Morgan fingerprint density at radius 3 is 2.80 bits per heavy atom. The monoisotopic (exact) mass is 244 g/mol. The highest BCUT2D eigenvalue weighted by Crippen LogP contribution is 2.25. The molecule has 1 aromatic carbocycles. The quantitative estimate of drug-likeness (QED) is 0.795. The van der Waals surface area contributed by atoms with Gasteiger partial charge in [-0.05, 0) is 12.1 Å². The number of carbonyl (C=O) groups excluding carboxylic acids is 1. The van der Waals surface area contributed by atoms with E-state index in [9.17, 15) is 4.79 Å². The van der Waals surface area contributed by atoms with Crippen molar-refractivity contribution in [1.82, 2.24) is 10.6 Å². The molecule has 0 bridgehead atoms. The number of carbonyl (C=O) groups is 1. The van der Waals surface area contributed by atoms with Crippen molar-refractivity contribution in [2.45, 2.75) is 12.6 Å². The third-order valence-electron chi connectivity index (χ3n) is 2.28. The summed E-state index contributed by atoms with van der Waals surface area (Å²) in [5.74, 6) is 0.0322. The van der Waals surface area contributed by atoms with Crippen LogP contribution in [0.4, 0.5) is 0 Å². The average Bonchev–Trinajstić information content (AvgIpc) is 2.17. The van der Waals surface area contributed by atoms with E-state index >= 15 is 0 Å². The van der Waals surface area contributed by atoms with Crippen molar-refractivity contribution in [3.63, 3.8) is 0 Å². The normalized spacial score (nSPS) is 21.2. The first-order chi connectivity index (χ1) is 7.16. The number of nitrogens with one attached hydrogen (secondary N) is 2. The number of benzene rings is 1. The molecule has 2 rings (SSSR count). The van der Waals surface area contributed by atoms with E-state index < -0.39 is 0 Å². The van der Waals surface area contributed by atoms with Crippen molar-refractivity contribution < 1.29 is 4.79 Å². The van der Waals surface area contributed by atoms with Crippen molar-refractivity contribution in [2.75, 3.05) is 6.54 Å². The van der Waals surface area contributed by atoms with Gasteiger partial charge in [-0.1, -0.05) is 29.3 Å². The number of hydrogen-bond donors (Lipinski definition) is 2. The van der Waals surface area contributed by atoms with E-state index in [2.05, 4.69) is 10.6 Å². The summed E-state index contributed by atoms with van der Waals surface area (Å²) in [6, 6.07) is 5.24. The van der Waals surface area contributed by atoms with Gasteiger partial charge in [0.2, 0.25) is 5.91 Å². The summed E-state index contributed by atoms with van der Waals surface area (Å²) in [5, 5.41) is 7.13. The van der Waals surface area contributed by atoms with Gasteiger partial charge in [-0.2, -0.15) is 0 Å². The third kappa shape index (κ3) is 2.43. The third-order valence-corrected chi connectivity index (χ3v) is 2.84. The predicted octanol–water partition coefficient (Wildman–Crippen LogP) is 2.10. The summed E-state index contributed by atoms with van der Waals surface area (Å²) in [6.45, 7) is 0.662. The minimum absolute atomic E-state index is 0.0322. The fraction of sp³-hybridized carbons (Fsp3) is 0.300. The number of rotatable bonds is 1. The molecule has 1 aromatic rings. The highest BCUT2D eigenvalue weighted by atomic mass is 35.5. The van der Waals surface area contributed by atoms with Crippen LogP contribution in [0.1, 0.15) is 18.2 Å². The van der Waals surface area contributed by atoms with Gasteiger partial charge in [0.05, 0.1) is 0 Å². The van der Waals surface area contributed by atoms with E-state index in [0.717, 1.165) is 5.56 Å². The molecule has 1 aliphatic rings. The van der Waals surface area contributed by atoms with Gasteiger partial charge in [0, 0.05) is 28.6 Å². The van der Waals surface area contributed by atoms with E-state index in [1.165, 1.54) is 0 Å². The molecule has 1 heterocycles. The Bertz CT molecular complexity index is 395. The van der Waals surface area contributed by atoms with E-state index in [-0.39, 0.29) is 12.1 Å². The Morgan fingerprint density at radius 1 is 1.33 bits per heavy atom. The molecule has 1 fully saturated rings. The molecule has 0 saturated carbocycles. The largest absolute Gasteiger partial charge is 0.337 e. The molecule has 3 nitrogen and oxygen atoms in total. The average molecular weight is 245 g/mol. The van der Waals surface area contributed by atoms with Crippen molar-refractivity contribution in [1.29, 1.82) is 0 Å². The molecule has 1 aliphatic heterocycles. The first kappa shape index (κ1) is 10.7. The molecule has 0 unspecified atom stereocenters. The van der Waals surface area contributed by atoms with Gasteiger partial charge in [-0.25, -0.2) is 0 Å². The molecule has 2 N–H and O–H groups in total. The molecule has 1 saturated heterocycles. The van der Waals surface area contributed by atoms with Crippen LogP contribution in [0.25, 0.3) is 0 Å². The van der Waals surface area contributed by atoms with Crippen LogP contribution in [-0.4, -0.2) is 12.5 Å². The van der Waals surface area contributed by atoms with Gasteiger partial charge in [-0.15, -0.1) is 0 Å². The zero-order valence-electron chi connectivity index (χ0n) is 7.89. The highest BCUT2D eigenvalue weighted by molar-refractivity contribution is 6.35.